The molecule has 3 heterocycles. The van der Waals surface area contributed by atoms with Crippen LogP contribution in [0.3, 0.4) is 0 Å². The highest BCUT2D eigenvalue weighted by molar-refractivity contribution is 5.73. The molecule has 8 atom stereocenters. The van der Waals surface area contributed by atoms with Gasteiger partial charge in [-0.15, -0.1) is 0 Å². The minimum Gasteiger partial charge on any atom is -0.340 e. The van der Waals surface area contributed by atoms with Crippen LogP contribution in [0.4, 0.5) is 0 Å². The summed E-state index contributed by atoms with van der Waals surface area (Å²) in [5.41, 5.74) is 0. The van der Waals surface area contributed by atoms with E-state index in [1.807, 2.05) is 0 Å². The predicted octanol–water partition coefficient (Wildman–Crippen LogP) is 5.09. The first-order valence-corrected chi connectivity index (χ1v) is 12.0. The van der Waals surface area contributed by atoms with E-state index >= 15 is 0 Å². The number of hydrogen-bond acceptors (Lipinski definition) is 2. The third-order valence-corrected chi connectivity index (χ3v) is 8.61. The Hall–Kier alpha value is -0.570. The Kier molecular flexibility index (Phi) is 5.88. The third-order valence-electron chi connectivity index (χ3n) is 8.61. The molecule has 27 heavy (non-hydrogen) atoms. The monoisotopic (exact) mass is 374 g/mol. The van der Waals surface area contributed by atoms with Crippen LogP contribution in [0.15, 0.2) is 0 Å². The van der Waals surface area contributed by atoms with Gasteiger partial charge in [-0.3, -0.25) is 9.69 Å². The quantitative estimate of drug-likeness (QED) is 0.672. The van der Waals surface area contributed by atoms with E-state index in [4.69, 9.17) is 0 Å². The Morgan fingerprint density at radius 2 is 1.70 bits per heavy atom. The van der Waals surface area contributed by atoms with Crippen LogP contribution in [0.1, 0.15) is 91.9 Å². The van der Waals surface area contributed by atoms with Crippen LogP contribution in [0.2, 0.25) is 0 Å². The van der Waals surface area contributed by atoms with Crippen LogP contribution in [0.25, 0.3) is 0 Å². The van der Waals surface area contributed by atoms with E-state index in [-0.39, 0.29) is 0 Å². The molecule has 1 amide bonds. The Morgan fingerprint density at radius 3 is 2.48 bits per heavy atom. The van der Waals surface area contributed by atoms with E-state index in [2.05, 4.69) is 30.6 Å². The number of nitrogens with zero attached hydrogens (tertiary/aromatic N) is 2. The molecule has 1 saturated carbocycles. The van der Waals surface area contributed by atoms with Gasteiger partial charge in [0.1, 0.15) is 0 Å². The molecule has 0 aromatic rings. The standard InChI is InChI=1S/C24H42N2O/c1-16-11-18(3)26-21(13-16)7-5-8-22(26)15-20-12-17(2)14-24-23(20)9-6-10-25(24)19(4)27/h16-18,20-24H,5-15H2,1-4H3/t16-,17-,18+,20-,21+,22+,23-,24-/m1/s1. The molecule has 3 saturated heterocycles. The fraction of sp³-hybridized carbons (Fsp3) is 0.958. The van der Waals surface area contributed by atoms with E-state index in [9.17, 15) is 4.79 Å². The van der Waals surface area contributed by atoms with Crippen molar-refractivity contribution in [2.45, 2.75) is 116 Å². The molecule has 4 rings (SSSR count). The molecule has 3 aliphatic heterocycles. The first-order chi connectivity index (χ1) is 12.9. The fourth-order valence-electron chi connectivity index (χ4n) is 7.80. The summed E-state index contributed by atoms with van der Waals surface area (Å²) in [6.45, 7) is 10.2. The summed E-state index contributed by atoms with van der Waals surface area (Å²) in [5, 5.41) is 0. The summed E-state index contributed by atoms with van der Waals surface area (Å²) in [5.74, 6) is 3.58. The number of hydrogen-bond donors (Lipinski definition) is 0. The van der Waals surface area contributed by atoms with E-state index in [0.29, 0.717) is 11.9 Å². The smallest absolute Gasteiger partial charge is 0.219 e. The second kappa shape index (κ2) is 8.05. The number of carbonyl (C=O) groups is 1. The maximum atomic E-state index is 12.2. The molecule has 3 nitrogen and oxygen atoms in total. The Balaban J connectivity index is 1.49. The second-order valence-electron chi connectivity index (χ2n) is 10.8. The van der Waals surface area contributed by atoms with E-state index in [1.165, 1.54) is 64.2 Å². The topological polar surface area (TPSA) is 23.6 Å². The highest BCUT2D eigenvalue weighted by atomic mass is 16.2. The van der Waals surface area contributed by atoms with Gasteiger partial charge in [0.25, 0.3) is 0 Å². The van der Waals surface area contributed by atoms with Crippen molar-refractivity contribution in [2.24, 2.45) is 23.7 Å². The molecule has 4 aliphatic rings. The molecule has 4 fully saturated rings. The molecule has 0 bridgehead atoms. The van der Waals surface area contributed by atoms with Crippen molar-refractivity contribution in [3.05, 3.63) is 0 Å². The highest BCUT2D eigenvalue weighted by Gasteiger charge is 2.45. The van der Waals surface area contributed by atoms with Crippen molar-refractivity contribution in [3.8, 4) is 0 Å². The maximum Gasteiger partial charge on any atom is 0.219 e. The predicted molar refractivity (Wildman–Crippen MR) is 112 cm³/mol. The average molecular weight is 375 g/mol. The lowest BCUT2D eigenvalue weighted by molar-refractivity contribution is -0.137. The van der Waals surface area contributed by atoms with E-state index in [1.54, 1.807) is 6.92 Å². The van der Waals surface area contributed by atoms with Gasteiger partial charge < -0.3 is 4.90 Å². The minimum atomic E-state index is 0.314. The second-order valence-corrected chi connectivity index (χ2v) is 10.8. The summed E-state index contributed by atoms with van der Waals surface area (Å²) < 4.78 is 0. The summed E-state index contributed by atoms with van der Waals surface area (Å²) in [4.78, 5) is 17.4. The van der Waals surface area contributed by atoms with Crippen molar-refractivity contribution in [3.63, 3.8) is 0 Å². The first kappa shape index (κ1) is 19.7. The molecule has 154 valence electrons. The minimum absolute atomic E-state index is 0.314. The SMILES string of the molecule is CC(=O)N1CCC[C@@H]2[C@@H](C[C@@H]3CCC[C@H]4C[C@H](C)C[C@H](C)N43)C[C@@H](C)C[C@H]21. The molecule has 3 heteroatoms. The molecule has 0 unspecified atom stereocenters. The number of fused-ring (bicyclic) bond motifs is 2. The zero-order valence-corrected chi connectivity index (χ0v) is 18.2. The normalized spacial score (nSPS) is 45.9. The number of carbonyl (C=O) groups excluding carboxylic acids is 1. The molecule has 0 spiro atoms. The number of amides is 1. The lowest BCUT2D eigenvalue weighted by Gasteiger charge is -2.54. The van der Waals surface area contributed by atoms with Gasteiger partial charge >= 0.3 is 0 Å². The van der Waals surface area contributed by atoms with Gasteiger partial charge in [-0.2, -0.15) is 0 Å². The van der Waals surface area contributed by atoms with Gasteiger partial charge in [0.2, 0.25) is 5.91 Å². The van der Waals surface area contributed by atoms with Crippen LogP contribution in [0, 0.1) is 23.7 Å². The van der Waals surface area contributed by atoms with E-state index < -0.39 is 0 Å². The summed E-state index contributed by atoms with van der Waals surface area (Å²) in [7, 11) is 0. The van der Waals surface area contributed by atoms with Crippen molar-refractivity contribution >= 4 is 5.91 Å². The largest absolute Gasteiger partial charge is 0.340 e. The number of rotatable bonds is 2. The van der Waals surface area contributed by atoms with Gasteiger partial charge in [-0.05, 0) is 88.4 Å². The van der Waals surface area contributed by atoms with Gasteiger partial charge in [0.05, 0.1) is 0 Å². The first-order valence-electron chi connectivity index (χ1n) is 12.0. The molecular weight excluding hydrogens is 332 g/mol. The molecule has 1 aliphatic carbocycles. The number of piperidine rings is 3. The summed E-state index contributed by atoms with van der Waals surface area (Å²) >= 11 is 0. The molecule has 0 radical (unpaired) electrons. The van der Waals surface area contributed by atoms with Crippen LogP contribution in [-0.4, -0.2) is 46.4 Å². The van der Waals surface area contributed by atoms with Crippen molar-refractivity contribution in [1.29, 1.82) is 0 Å². The molecular formula is C24H42N2O. The summed E-state index contributed by atoms with van der Waals surface area (Å²) in [6.07, 6.45) is 13.7. The summed E-state index contributed by atoms with van der Waals surface area (Å²) in [6, 6.07) is 2.94. The van der Waals surface area contributed by atoms with Crippen molar-refractivity contribution < 1.29 is 4.79 Å². The lowest BCUT2D eigenvalue weighted by atomic mass is 9.65. The van der Waals surface area contributed by atoms with Crippen LogP contribution in [0.5, 0.6) is 0 Å². The zero-order valence-electron chi connectivity index (χ0n) is 18.2. The third kappa shape index (κ3) is 3.95. The zero-order chi connectivity index (χ0) is 19.1. The Morgan fingerprint density at radius 1 is 0.926 bits per heavy atom. The number of likely N-dealkylation sites (tertiary alicyclic amines) is 1. The maximum absolute atomic E-state index is 12.2. The molecule has 0 N–H and O–H groups in total. The van der Waals surface area contributed by atoms with Gasteiger partial charge in [0, 0.05) is 37.6 Å². The lowest BCUT2D eigenvalue weighted by Crippen LogP contribution is -2.57. The fourth-order valence-corrected chi connectivity index (χ4v) is 7.80. The van der Waals surface area contributed by atoms with Gasteiger partial charge in [-0.1, -0.05) is 20.3 Å². The Bertz CT molecular complexity index is 534. The van der Waals surface area contributed by atoms with E-state index in [0.717, 1.165) is 48.3 Å². The Labute approximate surface area is 167 Å². The van der Waals surface area contributed by atoms with Crippen molar-refractivity contribution in [2.75, 3.05) is 6.54 Å². The van der Waals surface area contributed by atoms with Crippen molar-refractivity contribution in [1.82, 2.24) is 9.80 Å². The van der Waals surface area contributed by atoms with Gasteiger partial charge in [-0.25, -0.2) is 0 Å². The highest BCUT2D eigenvalue weighted by Crippen LogP contribution is 2.46. The van der Waals surface area contributed by atoms with Gasteiger partial charge in [0.15, 0.2) is 0 Å². The van der Waals surface area contributed by atoms with Crippen LogP contribution < -0.4 is 0 Å². The average Bonchev–Trinajstić information content (AvgIpc) is 2.60. The molecule has 0 aromatic carbocycles. The van der Waals surface area contributed by atoms with Crippen LogP contribution in [-0.2, 0) is 4.79 Å². The van der Waals surface area contributed by atoms with Crippen LogP contribution >= 0.6 is 0 Å². The molecule has 0 aromatic heterocycles.